The van der Waals surface area contributed by atoms with Crippen molar-refractivity contribution in [2.24, 2.45) is 11.7 Å². The molecule has 3 rings (SSSR count). The maximum atomic E-state index is 12.9. The standard InChI is InChI=1S/C21H31N3O4/c1-2-19(25)16-12-15(22)8-9-18(16)24-11-10-17(20(24)26)23-21(27)28-13-14-6-4-3-5-7-14/h3-7,15-19,25H,2,8-13,22H2,1H3,(H,23,27)/t15-,16-,17+,18+,19?/m1/s1. The first-order chi connectivity index (χ1) is 13.5. The normalized spacial score (nSPS) is 28.8. The summed E-state index contributed by atoms with van der Waals surface area (Å²) in [4.78, 5) is 26.8. The average Bonchev–Trinajstić information content (AvgIpc) is 3.06. The molecule has 1 aromatic carbocycles. The first-order valence-corrected chi connectivity index (χ1v) is 10.2. The second-order valence-corrected chi connectivity index (χ2v) is 7.86. The van der Waals surface area contributed by atoms with E-state index in [2.05, 4.69) is 5.32 Å². The Morgan fingerprint density at radius 2 is 2.07 bits per heavy atom. The number of hydrogen-bond acceptors (Lipinski definition) is 5. The Labute approximate surface area is 166 Å². The molecule has 2 fully saturated rings. The van der Waals surface area contributed by atoms with E-state index < -0.39 is 18.2 Å². The molecule has 0 radical (unpaired) electrons. The molecule has 1 aliphatic heterocycles. The summed E-state index contributed by atoms with van der Waals surface area (Å²) >= 11 is 0. The van der Waals surface area contributed by atoms with Crippen molar-refractivity contribution in [1.29, 1.82) is 0 Å². The van der Waals surface area contributed by atoms with E-state index in [0.29, 0.717) is 19.4 Å². The molecule has 0 aromatic heterocycles. The third-order valence-electron chi connectivity index (χ3n) is 5.96. The maximum Gasteiger partial charge on any atom is 0.408 e. The highest BCUT2D eigenvalue weighted by Gasteiger charge is 2.43. The molecule has 1 heterocycles. The number of rotatable bonds is 6. The van der Waals surface area contributed by atoms with E-state index in [0.717, 1.165) is 24.8 Å². The molecule has 0 spiro atoms. The van der Waals surface area contributed by atoms with Gasteiger partial charge in [0.1, 0.15) is 12.6 Å². The van der Waals surface area contributed by atoms with Crippen molar-refractivity contribution in [2.45, 2.75) is 69.9 Å². The number of aliphatic hydroxyl groups excluding tert-OH is 1. The molecule has 28 heavy (non-hydrogen) atoms. The zero-order valence-electron chi connectivity index (χ0n) is 16.4. The first kappa shape index (κ1) is 20.6. The fourth-order valence-electron chi connectivity index (χ4n) is 4.40. The summed E-state index contributed by atoms with van der Waals surface area (Å²) in [6.07, 6.45) is 2.51. The Hall–Kier alpha value is -2.12. The number of hydrogen-bond donors (Lipinski definition) is 3. The number of amides is 2. The largest absolute Gasteiger partial charge is 0.445 e. The van der Waals surface area contributed by atoms with Gasteiger partial charge >= 0.3 is 6.09 Å². The van der Waals surface area contributed by atoms with Crippen LogP contribution in [0, 0.1) is 5.92 Å². The Morgan fingerprint density at radius 1 is 1.32 bits per heavy atom. The van der Waals surface area contributed by atoms with Gasteiger partial charge in [0.15, 0.2) is 0 Å². The van der Waals surface area contributed by atoms with Crippen molar-refractivity contribution >= 4 is 12.0 Å². The molecule has 1 unspecified atom stereocenters. The average molecular weight is 389 g/mol. The number of carbonyl (C=O) groups is 2. The summed E-state index contributed by atoms with van der Waals surface area (Å²) in [5.41, 5.74) is 6.99. The topological polar surface area (TPSA) is 105 Å². The number of benzene rings is 1. The Balaban J connectivity index is 1.55. The van der Waals surface area contributed by atoms with Crippen molar-refractivity contribution in [2.75, 3.05) is 6.54 Å². The Bertz CT molecular complexity index is 669. The molecule has 1 aromatic rings. The summed E-state index contributed by atoms with van der Waals surface area (Å²) in [5, 5.41) is 13.1. The number of carbonyl (C=O) groups excluding carboxylic acids is 2. The highest BCUT2D eigenvalue weighted by molar-refractivity contribution is 5.87. The Kier molecular flexibility index (Phi) is 6.91. The molecular formula is C21H31N3O4. The van der Waals surface area contributed by atoms with Gasteiger partial charge in [0.25, 0.3) is 0 Å². The lowest BCUT2D eigenvalue weighted by Gasteiger charge is -2.42. The van der Waals surface area contributed by atoms with Gasteiger partial charge in [-0.2, -0.15) is 0 Å². The minimum absolute atomic E-state index is 0.0125. The zero-order chi connectivity index (χ0) is 20.1. The lowest BCUT2D eigenvalue weighted by molar-refractivity contribution is -0.134. The minimum Gasteiger partial charge on any atom is -0.445 e. The molecule has 0 bridgehead atoms. The summed E-state index contributed by atoms with van der Waals surface area (Å²) in [6, 6.07) is 8.90. The number of nitrogens with two attached hydrogens (primary N) is 1. The van der Waals surface area contributed by atoms with Crippen molar-refractivity contribution in [3.63, 3.8) is 0 Å². The fourth-order valence-corrected chi connectivity index (χ4v) is 4.40. The van der Waals surface area contributed by atoms with Gasteiger partial charge in [-0.3, -0.25) is 4.79 Å². The highest BCUT2D eigenvalue weighted by Crippen LogP contribution is 2.33. The molecule has 7 heteroatoms. The lowest BCUT2D eigenvalue weighted by atomic mass is 9.77. The monoisotopic (exact) mass is 389 g/mol. The van der Waals surface area contributed by atoms with Gasteiger partial charge < -0.3 is 25.8 Å². The van der Waals surface area contributed by atoms with Gasteiger partial charge in [0, 0.05) is 24.5 Å². The predicted octanol–water partition coefficient (Wildman–Crippen LogP) is 1.78. The third-order valence-corrected chi connectivity index (χ3v) is 5.96. The zero-order valence-corrected chi connectivity index (χ0v) is 16.4. The molecule has 4 N–H and O–H groups in total. The van der Waals surface area contributed by atoms with E-state index in [1.54, 1.807) is 0 Å². The van der Waals surface area contributed by atoms with Crippen LogP contribution < -0.4 is 11.1 Å². The number of alkyl carbamates (subject to hydrolysis) is 1. The van der Waals surface area contributed by atoms with E-state index >= 15 is 0 Å². The summed E-state index contributed by atoms with van der Waals surface area (Å²) in [5.74, 6) is -0.105. The smallest absolute Gasteiger partial charge is 0.408 e. The van der Waals surface area contributed by atoms with Crippen LogP contribution in [0.1, 0.15) is 44.6 Å². The fraction of sp³-hybridized carbons (Fsp3) is 0.619. The molecule has 2 amide bonds. The van der Waals surface area contributed by atoms with Crippen LogP contribution in [-0.4, -0.2) is 52.8 Å². The number of likely N-dealkylation sites (tertiary alicyclic amines) is 1. The number of ether oxygens (including phenoxy) is 1. The van der Waals surface area contributed by atoms with Crippen molar-refractivity contribution < 1.29 is 19.4 Å². The summed E-state index contributed by atoms with van der Waals surface area (Å²) in [6.45, 7) is 2.69. The number of aliphatic hydroxyl groups is 1. The molecule has 1 aliphatic carbocycles. The summed E-state index contributed by atoms with van der Waals surface area (Å²) < 4.78 is 5.23. The number of nitrogens with one attached hydrogen (secondary N) is 1. The van der Waals surface area contributed by atoms with E-state index in [9.17, 15) is 14.7 Å². The van der Waals surface area contributed by atoms with Crippen LogP contribution in [0.5, 0.6) is 0 Å². The second kappa shape index (κ2) is 9.39. The lowest BCUT2D eigenvalue weighted by Crippen LogP contribution is -2.52. The van der Waals surface area contributed by atoms with Crippen LogP contribution in [0.2, 0.25) is 0 Å². The van der Waals surface area contributed by atoms with Crippen molar-refractivity contribution in [3.8, 4) is 0 Å². The van der Waals surface area contributed by atoms with Gasteiger partial charge in [-0.1, -0.05) is 37.3 Å². The molecule has 2 aliphatic rings. The molecule has 154 valence electrons. The van der Waals surface area contributed by atoms with Crippen molar-refractivity contribution in [1.82, 2.24) is 10.2 Å². The Morgan fingerprint density at radius 3 is 2.79 bits per heavy atom. The quantitative estimate of drug-likeness (QED) is 0.688. The van der Waals surface area contributed by atoms with Crippen LogP contribution >= 0.6 is 0 Å². The van der Waals surface area contributed by atoms with Crippen LogP contribution in [0.15, 0.2) is 30.3 Å². The van der Waals surface area contributed by atoms with E-state index in [-0.39, 0.29) is 30.5 Å². The van der Waals surface area contributed by atoms with Crippen LogP contribution in [0.3, 0.4) is 0 Å². The van der Waals surface area contributed by atoms with Gasteiger partial charge in [0.05, 0.1) is 6.10 Å². The van der Waals surface area contributed by atoms with Gasteiger partial charge in [0.2, 0.25) is 5.91 Å². The predicted molar refractivity (Wildman–Crippen MR) is 105 cm³/mol. The van der Waals surface area contributed by atoms with E-state index in [4.69, 9.17) is 10.5 Å². The summed E-state index contributed by atoms with van der Waals surface area (Å²) in [7, 11) is 0. The molecule has 1 saturated carbocycles. The second-order valence-electron chi connectivity index (χ2n) is 7.86. The SMILES string of the molecule is CCC(O)[C@@H]1C[C@H](N)CC[C@@H]1N1CC[C@H](NC(=O)OCc2ccccc2)C1=O. The molecule has 1 saturated heterocycles. The van der Waals surface area contributed by atoms with Crippen LogP contribution in [0.4, 0.5) is 4.79 Å². The highest BCUT2D eigenvalue weighted by atomic mass is 16.5. The van der Waals surface area contributed by atoms with Gasteiger partial charge in [-0.15, -0.1) is 0 Å². The van der Waals surface area contributed by atoms with E-state index in [1.165, 1.54) is 0 Å². The van der Waals surface area contributed by atoms with E-state index in [1.807, 2.05) is 42.2 Å². The maximum absolute atomic E-state index is 12.9. The van der Waals surface area contributed by atoms with Crippen LogP contribution in [-0.2, 0) is 16.1 Å². The van der Waals surface area contributed by atoms with Gasteiger partial charge in [-0.25, -0.2) is 4.79 Å². The van der Waals surface area contributed by atoms with Crippen LogP contribution in [0.25, 0.3) is 0 Å². The minimum atomic E-state index is -0.583. The molecular weight excluding hydrogens is 358 g/mol. The third kappa shape index (κ3) is 4.83. The van der Waals surface area contributed by atoms with Gasteiger partial charge in [-0.05, 0) is 37.7 Å². The number of nitrogens with zero attached hydrogens (tertiary/aromatic N) is 1. The van der Waals surface area contributed by atoms with Crippen molar-refractivity contribution in [3.05, 3.63) is 35.9 Å². The molecule has 5 atom stereocenters. The molecule has 7 nitrogen and oxygen atoms in total. The first-order valence-electron chi connectivity index (χ1n) is 10.2.